The average Bonchev–Trinajstić information content (AvgIpc) is 2.71. The van der Waals surface area contributed by atoms with E-state index in [-0.39, 0.29) is 11.6 Å². The molecule has 0 unspecified atom stereocenters. The minimum absolute atomic E-state index is 0.236. The van der Waals surface area contributed by atoms with Gasteiger partial charge in [-0.1, -0.05) is 40.2 Å². The highest BCUT2D eigenvalue weighted by molar-refractivity contribution is 9.10. The number of ketones is 2. The molecule has 0 saturated carbocycles. The van der Waals surface area contributed by atoms with Crippen LogP contribution in [0.5, 0.6) is 0 Å². The first-order valence-electron chi connectivity index (χ1n) is 6.00. The van der Waals surface area contributed by atoms with Crippen LogP contribution in [0.15, 0.2) is 46.9 Å². The fraction of sp³-hybridized carbons (Fsp3) is 0.0625. The first-order valence-corrected chi connectivity index (χ1v) is 6.80. The standard InChI is InChI=1S/C16H8BrNO2/c17-10-6-5-9(8-18)13(7-10)14-15(19)11-3-1-2-4-12(11)16(14)20/h1-7,14H. The summed E-state index contributed by atoms with van der Waals surface area (Å²) >= 11 is 3.32. The second-order valence-electron chi connectivity index (χ2n) is 4.55. The van der Waals surface area contributed by atoms with Crippen molar-refractivity contribution in [3.8, 4) is 6.07 Å². The minimum Gasteiger partial charge on any atom is -0.293 e. The number of Topliss-reactive ketones (excluding diaryl/α,β-unsaturated/α-hetero) is 2. The fourth-order valence-corrected chi connectivity index (χ4v) is 2.88. The van der Waals surface area contributed by atoms with Gasteiger partial charge in [-0.15, -0.1) is 0 Å². The van der Waals surface area contributed by atoms with Crippen molar-refractivity contribution in [1.82, 2.24) is 0 Å². The molecule has 1 aliphatic rings. The van der Waals surface area contributed by atoms with Crippen LogP contribution in [0.3, 0.4) is 0 Å². The van der Waals surface area contributed by atoms with E-state index in [2.05, 4.69) is 15.9 Å². The van der Waals surface area contributed by atoms with Crippen molar-refractivity contribution >= 4 is 27.5 Å². The van der Waals surface area contributed by atoms with Gasteiger partial charge in [-0.25, -0.2) is 0 Å². The van der Waals surface area contributed by atoms with E-state index >= 15 is 0 Å². The molecule has 96 valence electrons. The zero-order valence-corrected chi connectivity index (χ0v) is 11.8. The molecule has 0 saturated heterocycles. The molecule has 0 N–H and O–H groups in total. The van der Waals surface area contributed by atoms with Gasteiger partial charge in [0.05, 0.1) is 11.6 Å². The Morgan fingerprint density at radius 2 is 1.60 bits per heavy atom. The van der Waals surface area contributed by atoms with Gasteiger partial charge in [-0.3, -0.25) is 9.59 Å². The quantitative estimate of drug-likeness (QED) is 0.754. The smallest absolute Gasteiger partial charge is 0.178 e. The molecule has 2 aromatic carbocycles. The molecule has 20 heavy (non-hydrogen) atoms. The van der Waals surface area contributed by atoms with Crippen molar-refractivity contribution in [3.63, 3.8) is 0 Å². The van der Waals surface area contributed by atoms with Crippen LogP contribution in [0.25, 0.3) is 0 Å². The molecule has 1 aliphatic carbocycles. The molecule has 4 heteroatoms. The molecule has 0 aliphatic heterocycles. The maximum Gasteiger partial charge on any atom is 0.178 e. The van der Waals surface area contributed by atoms with Gasteiger partial charge in [0.15, 0.2) is 11.6 Å². The Morgan fingerprint density at radius 3 is 2.15 bits per heavy atom. The minimum atomic E-state index is -0.903. The summed E-state index contributed by atoms with van der Waals surface area (Å²) < 4.78 is 0.739. The van der Waals surface area contributed by atoms with E-state index in [4.69, 9.17) is 0 Å². The maximum atomic E-state index is 12.4. The van der Waals surface area contributed by atoms with Crippen molar-refractivity contribution in [3.05, 3.63) is 69.2 Å². The first kappa shape index (κ1) is 12.8. The summed E-state index contributed by atoms with van der Waals surface area (Å²) in [5.41, 5.74) is 1.69. The van der Waals surface area contributed by atoms with E-state index in [0.29, 0.717) is 22.3 Å². The van der Waals surface area contributed by atoms with E-state index in [1.807, 2.05) is 6.07 Å². The van der Waals surface area contributed by atoms with Gasteiger partial charge in [-0.2, -0.15) is 5.26 Å². The second-order valence-corrected chi connectivity index (χ2v) is 5.47. The molecule has 0 fully saturated rings. The summed E-state index contributed by atoms with van der Waals surface area (Å²) in [4.78, 5) is 24.9. The monoisotopic (exact) mass is 325 g/mol. The molecular formula is C16H8BrNO2. The molecule has 0 heterocycles. The normalized spacial score (nSPS) is 14.2. The van der Waals surface area contributed by atoms with Crippen molar-refractivity contribution in [1.29, 1.82) is 5.26 Å². The topological polar surface area (TPSA) is 57.9 Å². The molecule has 3 rings (SSSR count). The Balaban J connectivity index is 2.19. The van der Waals surface area contributed by atoms with Crippen molar-refractivity contribution in [2.75, 3.05) is 0 Å². The number of nitrogens with zero attached hydrogens (tertiary/aromatic N) is 1. The maximum absolute atomic E-state index is 12.4. The Kier molecular flexibility index (Phi) is 3.00. The van der Waals surface area contributed by atoms with E-state index in [1.54, 1.807) is 42.5 Å². The third-order valence-electron chi connectivity index (χ3n) is 3.43. The largest absolute Gasteiger partial charge is 0.293 e. The molecule has 0 amide bonds. The number of carbonyl (C=O) groups excluding carboxylic acids is 2. The van der Waals surface area contributed by atoms with Gasteiger partial charge in [0.25, 0.3) is 0 Å². The number of carbonyl (C=O) groups is 2. The molecule has 0 bridgehead atoms. The molecule has 2 aromatic rings. The summed E-state index contributed by atoms with van der Waals surface area (Å²) in [6.45, 7) is 0. The zero-order valence-electron chi connectivity index (χ0n) is 10.3. The third-order valence-corrected chi connectivity index (χ3v) is 3.92. The van der Waals surface area contributed by atoms with Crippen LogP contribution < -0.4 is 0 Å². The van der Waals surface area contributed by atoms with Gasteiger partial charge in [-0.05, 0) is 23.8 Å². The summed E-state index contributed by atoms with van der Waals surface area (Å²) in [6.07, 6.45) is 0. The fourth-order valence-electron chi connectivity index (χ4n) is 2.50. The highest BCUT2D eigenvalue weighted by atomic mass is 79.9. The van der Waals surface area contributed by atoms with E-state index in [0.717, 1.165) is 4.47 Å². The van der Waals surface area contributed by atoms with Crippen molar-refractivity contribution < 1.29 is 9.59 Å². The van der Waals surface area contributed by atoms with Gasteiger partial charge >= 0.3 is 0 Å². The Bertz CT molecular complexity index is 754. The van der Waals surface area contributed by atoms with Crippen LogP contribution in [0.4, 0.5) is 0 Å². The number of rotatable bonds is 1. The number of hydrogen-bond donors (Lipinski definition) is 0. The molecule has 3 nitrogen and oxygen atoms in total. The lowest BCUT2D eigenvalue weighted by molar-refractivity contribution is 0.0890. The molecule has 0 aromatic heterocycles. The Labute approximate surface area is 124 Å². The third kappa shape index (κ3) is 1.79. The van der Waals surface area contributed by atoms with Crippen molar-refractivity contribution in [2.45, 2.75) is 5.92 Å². The molecule has 0 radical (unpaired) electrons. The molecule has 0 atom stereocenters. The Morgan fingerprint density at radius 1 is 1.00 bits per heavy atom. The number of benzene rings is 2. The predicted molar refractivity (Wildman–Crippen MR) is 76.7 cm³/mol. The van der Waals surface area contributed by atoms with Crippen LogP contribution in [-0.2, 0) is 0 Å². The zero-order chi connectivity index (χ0) is 14.3. The lowest BCUT2D eigenvalue weighted by Gasteiger charge is -2.09. The average molecular weight is 326 g/mol. The highest BCUT2D eigenvalue weighted by Crippen LogP contribution is 2.36. The van der Waals surface area contributed by atoms with Crippen LogP contribution in [-0.4, -0.2) is 11.6 Å². The van der Waals surface area contributed by atoms with E-state index < -0.39 is 5.92 Å². The lowest BCUT2D eigenvalue weighted by atomic mass is 9.91. The van der Waals surface area contributed by atoms with Gasteiger partial charge in [0.1, 0.15) is 5.92 Å². The molecule has 0 spiro atoms. The number of halogens is 1. The SMILES string of the molecule is N#Cc1ccc(Br)cc1C1C(=O)c2ccccc2C1=O. The van der Waals surface area contributed by atoms with Crippen LogP contribution >= 0.6 is 15.9 Å². The Hall–Kier alpha value is -2.25. The highest BCUT2D eigenvalue weighted by Gasteiger charge is 2.40. The first-order chi connectivity index (χ1) is 9.63. The molecular weight excluding hydrogens is 318 g/mol. The summed E-state index contributed by atoms with van der Waals surface area (Å²) in [5, 5.41) is 9.17. The number of hydrogen-bond acceptors (Lipinski definition) is 3. The summed E-state index contributed by atoms with van der Waals surface area (Å²) in [5.74, 6) is -1.38. The lowest BCUT2D eigenvalue weighted by Crippen LogP contribution is -2.14. The van der Waals surface area contributed by atoms with Crippen LogP contribution in [0.1, 0.15) is 37.8 Å². The van der Waals surface area contributed by atoms with E-state index in [1.165, 1.54) is 0 Å². The van der Waals surface area contributed by atoms with E-state index in [9.17, 15) is 14.9 Å². The summed E-state index contributed by atoms with van der Waals surface area (Å²) in [7, 11) is 0. The predicted octanol–water partition coefficient (Wildman–Crippen LogP) is 3.48. The van der Waals surface area contributed by atoms with Crippen molar-refractivity contribution in [2.24, 2.45) is 0 Å². The number of fused-ring (bicyclic) bond motifs is 1. The second kappa shape index (κ2) is 4.69. The van der Waals surface area contributed by atoms with Gasteiger partial charge < -0.3 is 0 Å². The van der Waals surface area contributed by atoms with Gasteiger partial charge in [0, 0.05) is 15.6 Å². The van der Waals surface area contributed by atoms with Crippen LogP contribution in [0, 0.1) is 11.3 Å². The summed E-state index contributed by atoms with van der Waals surface area (Å²) in [6, 6.07) is 13.8. The van der Waals surface area contributed by atoms with Gasteiger partial charge in [0.2, 0.25) is 0 Å². The number of nitriles is 1. The van der Waals surface area contributed by atoms with Crippen LogP contribution in [0.2, 0.25) is 0 Å².